The number of ether oxygens (including phenoxy) is 1. The Hall–Kier alpha value is -2.43. The van der Waals surface area contributed by atoms with Crippen LogP contribution in [0.15, 0.2) is 29.2 Å². The fraction of sp³-hybridized carbons (Fsp3) is 0.478. The predicted octanol–water partition coefficient (Wildman–Crippen LogP) is 4.74. The van der Waals surface area contributed by atoms with Crippen molar-refractivity contribution >= 4 is 43.2 Å². The van der Waals surface area contributed by atoms with Crippen molar-refractivity contribution in [1.82, 2.24) is 14.1 Å². The van der Waals surface area contributed by atoms with E-state index in [4.69, 9.17) is 4.74 Å². The number of carbonyl (C=O) groups is 1. The molecule has 0 fully saturated rings. The van der Waals surface area contributed by atoms with Crippen LogP contribution in [0.1, 0.15) is 50.0 Å². The summed E-state index contributed by atoms with van der Waals surface area (Å²) in [5, 5.41) is 8.40. The number of rotatable bonds is 10. The molecule has 180 valence electrons. The zero-order valence-corrected chi connectivity index (χ0v) is 21.6. The number of carbonyl (C=O) groups excluding carboxylic acids is 1. The number of hydrogen-bond acceptors (Lipinski definition) is 6. The maximum Gasteiger partial charge on any atom is 0.265 e. The van der Waals surface area contributed by atoms with Crippen LogP contribution in [0.2, 0.25) is 0 Å². The number of nitrogens with one attached hydrogen (secondary N) is 1. The Labute approximate surface area is 199 Å². The van der Waals surface area contributed by atoms with Crippen LogP contribution in [0.3, 0.4) is 0 Å². The molecule has 1 N–H and O–H groups in total. The Morgan fingerprint density at radius 1 is 1.21 bits per heavy atom. The van der Waals surface area contributed by atoms with Crippen molar-refractivity contribution in [1.29, 1.82) is 0 Å². The molecule has 0 unspecified atom stereocenters. The summed E-state index contributed by atoms with van der Waals surface area (Å²) >= 11 is 1.38. The van der Waals surface area contributed by atoms with Gasteiger partial charge in [0.25, 0.3) is 5.91 Å². The van der Waals surface area contributed by atoms with Crippen LogP contribution < -0.4 is 10.1 Å². The lowest BCUT2D eigenvalue weighted by molar-refractivity contribution is 0.103. The molecule has 2 aromatic heterocycles. The standard InChI is InChI=1S/C23H32N4O4S2/c1-7-26(8-2)33(29,30)17-10-11-20(31-9-3)19(12-17)24-22(28)21-13-18-16(6)25-27(14-15(4)5)23(18)32-21/h10-13,15H,7-9,14H2,1-6H3,(H,24,28). The maximum atomic E-state index is 13.1. The molecule has 0 saturated heterocycles. The number of nitrogens with zero attached hydrogens (tertiary/aromatic N) is 3. The normalized spacial score (nSPS) is 12.1. The van der Waals surface area contributed by atoms with Crippen LogP contribution in [0.25, 0.3) is 10.2 Å². The van der Waals surface area contributed by atoms with Crippen molar-refractivity contribution in [2.24, 2.45) is 5.92 Å². The highest BCUT2D eigenvalue weighted by atomic mass is 32.2. The van der Waals surface area contributed by atoms with Crippen LogP contribution in [-0.2, 0) is 16.6 Å². The number of amides is 1. The predicted molar refractivity (Wildman–Crippen MR) is 133 cm³/mol. The highest BCUT2D eigenvalue weighted by Crippen LogP contribution is 2.32. The molecule has 0 aliphatic carbocycles. The molecule has 10 heteroatoms. The van der Waals surface area contributed by atoms with E-state index in [-0.39, 0.29) is 10.8 Å². The minimum atomic E-state index is -3.67. The van der Waals surface area contributed by atoms with Crippen molar-refractivity contribution in [2.45, 2.75) is 53.0 Å². The summed E-state index contributed by atoms with van der Waals surface area (Å²) in [7, 11) is -3.67. The topological polar surface area (TPSA) is 93.5 Å². The highest BCUT2D eigenvalue weighted by molar-refractivity contribution is 7.89. The first-order chi connectivity index (χ1) is 15.6. The van der Waals surface area contributed by atoms with Gasteiger partial charge in [-0.2, -0.15) is 9.40 Å². The Morgan fingerprint density at radius 3 is 2.52 bits per heavy atom. The van der Waals surface area contributed by atoms with Gasteiger partial charge in [-0.3, -0.25) is 9.48 Å². The zero-order chi connectivity index (χ0) is 24.3. The zero-order valence-electron chi connectivity index (χ0n) is 20.0. The molecule has 1 aromatic carbocycles. The molecule has 0 saturated carbocycles. The summed E-state index contributed by atoms with van der Waals surface area (Å²) in [6.45, 7) is 13.5. The number of benzene rings is 1. The average Bonchev–Trinajstić information content (AvgIpc) is 3.31. The summed E-state index contributed by atoms with van der Waals surface area (Å²) in [5.41, 5.74) is 1.20. The van der Waals surface area contributed by atoms with Gasteiger partial charge in [-0.1, -0.05) is 27.7 Å². The van der Waals surface area contributed by atoms with Gasteiger partial charge in [0, 0.05) is 25.0 Å². The van der Waals surface area contributed by atoms with Crippen molar-refractivity contribution in [2.75, 3.05) is 25.0 Å². The smallest absolute Gasteiger partial charge is 0.265 e. The largest absolute Gasteiger partial charge is 0.492 e. The Kier molecular flexibility index (Phi) is 7.81. The third kappa shape index (κ3) is 5.23. The molecule has 0 atom stereocenters. The van der Waals surface area contributed by atoms with Gasteiger partial charge in [-0.05, 0) is 44.0 Å². The van der Waals surface area contributed by atoms with E-state index in [1.165, 1.54) is 27.8 Å². The van der Waals surface area contributed by atoms with Gasteiger partial charge in [0.05, 0.1) is 27.8 Å². The van der Waals surface area contributed by atoms with Gasteiger partial charge in [0.2, 0.25) is 10.0 Å². The van der Waals surface area contributed by atoms with Gasteiger partial charge >= 0.3 is 0 Å². The van der Waals surface area contributed by atoms with Crippen LogP contribution in [0.4, 0.5) is 5.69 Å². The lowest BCUT2D eigenvalue weighted by Gasteiger charge is -2.20. The first-order valence-electron chi connectivity index (χ1n) is 11.2. The van der Waals surface area contributed by atoms with E-state index in [0.717, 1.165) is 22.5 Å². The molecule has 8 nitrogen and oxygen atoms in total. The molecule has 0 spiro atoms. The summed E-state index contributed by atoms with van der Waals surface area (Å²) in [6.07, 6.45) is 0. The van der Waals surface area contributed by atoms with E-state index >= 15 is 0 Å². The minimum absolute atomic E-state index is 0.115. The maximum absolute atomic E-state index is 13.1. The Morgan fingerprint density at radius 2 is 1.91 bits per heavy atom. The van der Waals surface area contributed by atoms with E-state index in [1.54, 1.807) is 19.9 Å². The molecule has 1 amide bonds. The fourth-order valence-electron chi connectivity index (χ4n) is 3.64. The summed E-state index contributed by atoms with van der Waals surface area (Å²) in [6, 6.07) is 6.41. The molecule has 0 aliphatic heterocycles. The van der Waals surface area contributed by atoms with E-state index < -0.39 is 10.0 Å². The van der Waals surface area contributed by atoms with Gasteiger partial charge in [0.1, 0.15) is 10.6 Å². The first-order valence-corrected chi connectivity index (χ1v) is 13.4. The lowest BCUT2D eigenvalue weighted by Crippen LogP contribution is -2.30. The van der Waals surface area contributed by atoms with Crippen molar-refractivity contribution in [3.63, 3.8) is 0 Å². The van der Waals surface area contributed by atoms with Crippen molar-refractivity contribution in [3.8, 4) is 5.75 Å². The van der Waals surface area contributed by atoms with Gasteiger partial charge < -0.3 is 10.1 Å². The molecule has 2 heterocycles. The molecule has 0 aliphatic rings. The number of fused-ring (bicyclic) bond motifs is 1. The second-order valence-corrected chi connectivity index (χ2v) is 11.1. The molecular formula is C23H32N4O4S2. The van der Waals surface area contributed by atoms with Crippen LogP contribution in [0.5, 0.6) is 5.75 Å². The summed E-state index contributed by atoms with van der Waals surface area (Å²) < 4.78 is 34.9. The third-order valence-corrected chi connectivity index (χ3v) is 8.40. The average molecular weight is 493 g/mol. The molecule has 3 aromatic rings. The van der Waals surface area contributed by atoms with E-state index in [2.05, 4.69) is 24.3 Å². The quantitative estimate of drug-likeness (QED) is 0.441. The summed E-state index contributed by atoms with van der Waals surface area (Å²) in [5.74, 6) is 0.536. The van der Waals surface area contributed by atoms with E-state index in [1.807, 2.05) is 24.6 Å². The number of aryl methyl sites for hydroxylation is 1. The minimum Gasteiger partial charge on any atom is -0.492 e. The summed E-state index contributed by atoms with van der Waals surface area (Å²) in [4.78, 5) is 14.7. The second-order valence-electron chi connectivity index (χ2n) is 8.13. The van der Waals surface area contributed by atoms with Gasteiger partial charge in [0.15, 0.2) is 0 Å². The van der Waals surface area contributed by atoms with Crippen LogP contribution >= 0.6 is 11.3 Å². The second kappa shape index (κ2) is 10.2. The van der Waals surface area contributed by atoms with Gasteiger partial charge in [-0.15, -0.1) is 11.3 Å². The fourth-order valence-corrected chi connectivity index (χ4v) is 6.19. The first kappa shape index (κ1) is 25.2. The Balaban J connectivity index is 1.97. The van der Waals surface area contributed by atoms with Crippen molar-refractivity contribution in [3.05, 3.63) is 34.8 Å². The van der Waals surface area contributed by atoms with Gasteiger partial charge in [-0.25, -0.2) is 8.42 Å². The number of anilines is 1. The number of sulfonamides is 1. The molecule has 3 rings (SSSR count). The number of aromatic nitrogens is 2. The number of hydrogen-bond donors (Lipinski definition) is 1. The van der Waals surface area contributed by atoms with Crippen LogP contribution in [0, 0.1) is 12.8 Å². The van der Waals surface area contributed by atoms with Crippen LogP contribution in [-0.4, -0.2) is 48.1 Å². The molecular weight excluding hydrogens is 460 g/mol. The highest BCUT2D eigenvalue weighted by Gasteiger charge is 2.24. The van der Waals surface area contributed by atoms with E-state index in [9.17, 15) is 13.2 Å². The lowest BCUT2D eigenvalue weighted by atomic mass is 10.2. The third-order valence-electron chi connectivity index (χ3n) is 5.21. The van der Waals surface area contributed by atoms with E-state index in [0.29, 0.717) is 41.9 Å². The van der Waals surface area contributed by atoms with Crippen molar-refractivity contribution < 1.29 is 17.9 Å². The molecule has 0 radical (unpaired) electrons. The Bertz CT molecular complexity index is 1240. The molecule has 0 bridgehead atoms. The SMILES string of the molecule is CCOc1ccc(S(=O)(=O)N(CC)CC)cc1NC(=O)c1cc2c(C)nn(CC(C)C)c2s1. The molecule has 33 heavy (non-hydrogen) atoms. The monoisotopic (exact) mass is 492 g/mol. The number of thiophene rings is 1.